The molecule has 1 atom stereocenters. The molecule has 33 heavy (non-hydrogen) atoms. The average molecular weight is 457 g/mol. The molecule has 1 unspecified atom stereocenters. The molecule has 0 bridgehead atoms. The van der Waals surface area contributed by atoms with Gasteiger partial charge in [0.25, 0.3) is 5.89 Å². The van der Waals surface area contributed by atoms with E-state index in [4.69, 9.17) is 9.51 Å². The lowest BCUT2D eigenvalue weighted by Crippen LogP contribution is -2.30. The molecule has 6 rings (SSSR count). The van der Waals surface area contributed by atoms with Gasteiger partial charge in [-0.05, 0) is 49.5 Å². The minimum Gasteiger partial charge on any atom is -0.332 e. The molecule has 7 nitrogen and oxygen atoms in total. The van der Waals surface area contributed by atoms with Crippen LogP contribution in [0.5, 0.6) is 0 Å². The van der Waals surface area contributed by atoms with Crippen molar-refractivity contribution < 1.29 is 4.52 Å². The lowest BCUT2D eigenvalue weighted by Gasteiger charge is -2.21. The Bertz CT molecular complexity index is 1360. The van der Waals surface area contributed by atoms with Crippen LogP contribution in [0, 0.1) is 5.92 Å². The predicted octanol–water partition coefficient (Wildman–Crippen LogP) is 4.80. The molecular weight excluding hydrogens is 432 g/mol. The highest BCUT2D eigenvalue weighted by Crippen LogP contribution is 2.26. The van der Waals surface area contributed by atoms with E-state index in [1.54, 1.807) is 11.3 Å². The zero-order valence-corrected chi connectivity index (χ0v) is 19.0. The summed E-state index contributed by atoms with van der Waals surface area (Å²) < 4.78 is 7.68. The summed E-state index contributed by atoms with van der Waals surface area (Å²) in [6.45, 7) is 2.97. The fourth-order valence-corrected chi connectivity index (χ4v) is 5.27. The van der Waals surface area contributed by atoms with E-state index in [9.17, 15) is 0 Å². The van der Waals surface area contributed by atoms with Crippen LogP contribution in [0.3, 0.4) is 0 Å². The molecule has 0 amide bonds. The Balaban J connectivity index is 1.15. The molecule has 5 aromatic rings. The van der Waals surface area contributed by atoms with Gasteiger partial charge in [-0.3, -0.25) is 0 Å². The van der Waals surface area contributed by atoms with Gasteiger partial charge in [-0.15, -0.1) is 11.3 Å². The number of rotatable bonds is 6. The zero-order valence-electron chi connectivity index (χ0n) is 18.1. The first kappa shape index (κ1) is 20.3. The number of fused-ring (bicyclic) bond motifs is 1. The number of para-hydroxylation sites is 2. The van der Waals surface area contributed by atoms with E-state index in [-0.39, 0.29) is 0 Å². The molecule has 4 heterocycles. The van der Waals surface area contributed by atoms with Gasteiger partial charge in [0.2, 0.25) is 5.82 Å². The van der Waals surface area contributed by atoms with Crippen LogP contribution >= 0.6 is 11.3 Å². The van der Waals surface area contributed by atoms with Crippen molar-refractivity contribution >= 4 is 22.4 Å². The summed E-state index contributed by atoms with van der Waals surface area (Å²) in [7, 11) is 0. The third-order valence-corrected chi connectivity index (χ3v) is 7.02. The maximum Gasteiger partial charge on any atom is 0.277 e. The monoisotopic (exact) mass is 456 g/mol. The summed E-state index contributed by atoms with van der Waals surface area (Å²) >= 11 is 1.67. The number of hydrogen-bond donors (Lipinski definition) is 1. The molecule has 0 radical (unpaired) electrons. The second kappa shape index (κ2) is 8.88. The van der Waals surface area contributed by atoms with Crippen molar-refractivity contribution in [3.05, 3.63) is 70.8 Å². The molecule has 0 spiro atoms. The molecule has 3 aromatic heterocycles. The Morgan fingerprint density at radius 2 is 2.00 bits per heavy atom. The smallest absolute Gasteiger partial charge is 0.277 e. The highest BCUT2D eigenvalue weighted by molar-refractivity contribution is 7.09. The first-order valence-corrected chi connectivity index (χ1v) is 12.2. The molecule has 1 aliphatic heterocycles. The fourth-order valence-electron chi connectivity index (χ4n) is 4.39. The van der Waals surface area contributed by atoms with Crippen LogP contribution in [0.25, 0.3) is 34.0 Å². The summed E-state index contributed by atoms with van der Waals surface area (Å²) in [4.78, 5) is 13.8. The summed E-state index contributed by atoms with van der Waals surface area (Å²) in [5, 5.41) is 10.8. The van der Waals surface area contributed by atoms with Gasteiger partial charge in [0.1, 0.15) is 5.69 Å². The SMILES string of the molecule is c1ccc2c(c1)ncn2Cc1ccc(-c2noc(-c3csc(CC4CCCNC4)n3)n2)cc1. The van der Waals surface area contributed by atoms with Gasteiger partial charge >= 0.3 is 0 Å². The Labute approximate surface area is 195 Å². The van der Waals surface area contributed by atoms with Gasteiger partial charge in [0.15, 0.2) is 0 Å². The highest BCUT2D eigenvalue weighted by Gasteiger charge is 2.18. The van der Waals surface area contributed by atoms with E-state index >= 15 is 0 Å². The fraction of sp³-hybridized carbons (Fsp3) is 0.280. The van der Waals surface area contributed by atoms with Crippen LogP contribution < -0.4 is 5.32 Å². The molecule has 8 heteroatoms. The molecular formula is C25H24N6OS. The van der Waals surface area contributed by atoms with E-state index in [0.29, 0.717) is 17.6 Å². The Morgan fingerprint density at radius 3 is 2.88 bits per heavy atom. The number of nitrogens with one attached hydrogen (secondary N) is 1. The third kappa shape index (κ3) is 4.31. The van der Waals surface area contributed by atoms with Crippen LogP contribution in [0.15, 0.2) is 64.8 Å². The van der Waals surface area contributed by atoms with Crippen molar-refractivity contribution in [3.63, 3.8) is 0 Å². The minimum absolute atomic E-state index is 0.475. The summed E-state index contributed by atoms with van der Waals surface area (Å²) in [5.41, 5.74) is 5.02. The van der Waals surface area contributed by atoms with Crippen molar-refractivity contribution in [1.29, 1.82) is 0 Å². The average Bonchev–Trinajstić information content (AvgIpc) is 3.61. The van der Waals surface area contributed by atoms with E-state index < -0.39 is 0 Å². The van der Waals surface area contributed by atoms with Gasteiger partial charge in [-0.2, -0.15) is 4.98 Å². The van der Waals surface area contributed by atoms with Gasteiger partial charge in [0, 0.05) is 23.9 Å². The second-order valence-electron chi connectivity index (χ2n) is 8.52. The van der Waals surface area contributed by atoms with Gasteiger partial charge in [-0.1, -0.05) is 41.6 Å². The van der Waals surface area contributed by atoms with Crippen molar-refractivity contribution in [1.82, 2.24) is 30.0 Å². The van der Waals surface area contributed by atoms with Gasteiger partial charge in [0.05, 0.1) is 22.4 Å². The van der Waals surface area contributed by atoms with Crippen molar-refractivity contribution in [2.24, 2.45) is 5.92 Å². The first-order valence-electron chi connectivity index (χ1n) is 11.3. The molecule has 1 fully saturated rings. The molecule has 166 valence electrons. The number of benzene rings is 2. The van der Waals surface area contributed by atoms with Crippen molar-refractivity contribution in [3.8, 4) is 23.0 Å². The molecule has 0 saturated carbocycles. The van der Waals surface area contributed by atoms with E-state index in [0.717, 1.165) is 53.4 Å². The van der Waals surface area contributed by atoms with E-state index in [1.807, 2.05) is 42.0 Å². The Kier molecular flexibility index (Phi) is 5.45. The van der Waals surface area contributed by atoms with Crippen LogP contribution in [0.2, 0.25) is 0 Å². The largest absolute Gasteiger partial charge is 0.332 e. The maximum absolute atomic E-state index is 5.53. The van der Waals surface area contributed by atoms with Crippen LogP contribution in [-0.2, 0) is 13.0 Å². The topological polar surface area (TPSA) is 81.7 Å². The third-order valence-electron chi connectivity index (χ3n) is 6.15. The van der Waals surface area contributed by atoms with Crippen LogP contribution in [-0.4, -0.2) is 37.8 Å². The number of thiazole rings is 1. The first-order chi connectivity index (χ1) is 16.3. The quantitative estimate of drug-likeness (QED) is 0.395. The Morgan fingerprint density at radius 1 is 1.09 bits per heavy atom. The molecule has 0 aliphatic carbocycles. The molecule has 1 N–H and O–H groups in total. The van der Waals surface area contributed by atoms with Crippen LogP contribution in [0.4, 0.5) is 0 Å². The number of nitrogens with zero attached hydrogens (tertiary/aromatic N) is 5. The lowest BCUT2D eigenvalue weighted by atomic mass is 9.97. The molecule has 1 aliphatic rings. The minimum atomic E-state index is 0.475. The number of hydrogen-bond acceptors (Lipinski definition) is 7. The maximum atomic E-state index is 5.53. The van der Waals surface area contributed by atoms with E-state index in [2.05, 4.69) is 43.2 Å². The summed E-state index contributed by atoms with van der Waals surface area (Å²) in [6.07, 6.45) is 5.40. The van der Waals surface area contributed by atoms with Crippen molar-refractivity contribution in [2.75, 3.05) is 13.1 Å². The highest BCUT2D eigenvalue weighted by atomic mass is 32.1. The zero-order chi connectivity index (χ0) is 22.0. The number of piperidine rings is 1. The van der Waals surface area contributed by atoms with Crippen LogP contribution in [0.1, 0.15) is 23.4 Å². The number of imidazole rings is 1. The van der Waals surface area contributed by atoms with Gasteiger partial charge < -0.3 is 14.4 Å². The molecule has 1 saturated heterocycles. The normalized spacial score (nSPS) is 16.4. The Hall–Kier alpha value is -3.36. The lowest BCUT2D eigenvalue weighted by molar-refractivity contribution is 0.375. The standard InChI is InChI=1S/C25H24N6OS/c1-2-6-22-20(5-1)27-16-31(22)14-17-7-9-19(10-8-17)24-29-25(32-30-24)21-15-33-23(28-21)12-18-4-3-11-26-13-18/h1-2,5-10,15-16,18,26H,3-4,11-14H2. The van der Waals surface area contributed by atoms with Gasteiger partial charge in [-0.25, -0.2) is 9.97 Å². The summed E-state index contributed by atoms with van der Waals surface area (Å²) in [5.74, 6) is 1.72. The summed E-state index contributed by atoms with van der Waals surface area (Å²) in [6, 6.07) is 16.4. The molecule has 2 aromatic carbocycles. The van der Waals surface area contributed by atoms with E-state index in [1.165, 1.54) is 18.4 Å². The second-order valence-corrected chi connectivity index (χ2v) is 9.47. The number of aromatic nitrogens is 5. The van der Waals surface area contributed by atoms with Crippen molar-refractivity contribution in [2.45, 2.75) is 25.8 Å². The predicted molar refractivity (Wildman–Crippen MR) is 129 cm³/mol.